The van der Waals surface area contributed by atoms with Crippen LogP contribution in [0.2, 0.25) is 5.02 Å². The number of carbonyl (C=O) groups is 1. The number of amides is 1. The fourth-order valence-corrected chi connectivity index (χ4v) is 3.31. The van der Waals surface area contributed by atoms with Gasteiger partial charge in [0.05, 0.1) is 6.54 Å². The molecular weight excluding hydrogens is 334 g/mol. The van der Waals surface area contributed by atoms with Crippen molar-refractivity contribution in [1.82, 2.24) is 15.1 Å². The predicted octanol–water partition coefficient (Wildman–Crippen LogP) is 2.94. The minimum absolute atomic E-state index is 0.0560. The lowest BCUT2D eigenvalue weighted by atomic mass is 10.0. The SMILES string of the molecule is CN1CCN(CC(=O)NCc2ccc(Cl)cc2)C(c2ccccc2)C1. The summed E-state index contributed by atoms with van der Waals surface area (Å²) >= 11 is 5.89. The minimum Gasteiger partial charge on any atom is -0.351 e. The molecule has 5 heteroatoms. The number of hydrogen-bond acceptors (Lipinski definition) is 3. The number of rotatable bonds is 5. The van der Waals surface area contributed by atoms with Crippen molar-refractivity contribution in [2.75, 3.05) is 33.2 Å². The molecule has 1 heterocycles. The third-order valence-corrected chi connectivity index (χ3v) is 4.88. The van der Waals surface area contributed by atoms with E-state index in [9.17, 15) is 4.79 Å². The quantitative estimate of drug-likeness (QED) is 0.893. The summed E-state index contributed by atoms with van der Waals surface area (Å²) in [6.07, 6.45) is 0. The Bertz CT molecular complexity index is 690. The van der Waals surface area contributed by atoms with Crippen molar-refractivity contribution in [2.24, 2.45) is 0 Å². The van der Waals surface area contributed by atoms with Gasteiger partial charge in [-0.3, -0.25) is 9.69 Å². The number of hydrogen-bond donors (Lipinski definition) is 1. The van der Waals surface area contributed by atoms with E-state index in [2.05, 4.69) is 46.4 Å². The standard InChI is InChI=1S/C20H24ClN3O/c1-23-11-12-24(19(14-23)17-5-3-2-4-6-17)15-20(25)22-13-16-7-9-18(21)10-8-16/h2-10,19H,11-15H2,1H3,(H,22,25). The number of nitrogens with zero attached hydrogens (tertiary/aromatic N) is 2. The van der Waals surface area contributed by atoms with Gasteiger partial charge in [-0.1, -0.05) is 54.1 Å². The molecule has 3 rings (SSSR count). The molecule has 1 amide bonds. The summed E-state index contributed by atoms with van der Waals surface area (Å²) in [5.41, 5.74) is 2.32. The molecule has 0 radical (unpaired) electrons. The van der Waals surface area contributed by atoms with E-state index in [1.165, 1.54) is 5.56 Å². The summed E-state index contributed by atoms with van der Waals surface area (Å²) in [4.78, 5) is 17.0. The molecule has 0 saturated carbocycles. The average molecular weight is 358 g/mol. The molecule has 2 aromatic carbocycles. The molecule has 1 atom stereocenters. The highest BCUT2D eigenvalue weighted by molar-refractivity contribution is 6.30. The third-order valence-electron chi connectivity index (χ3n) is 4.63. The van der Waals surface area contributed by atoms with Gasteiger partial charge >= 0.3 is 0 Å². The molecule has 1 unspecified atom stereocenters. The number of benzene rings is 2. The van der Waals surface area contributed by atoms with Crippen LogP contribution in [0.1, 0.15) is 17.2 Å². The van der Waals surface area contributed by atoms with E-state index in [0.717, 1.165) is 25.2 Å². The fourth-order valence-electron chi connectivity index (χ4n) is 3.18. The van der Waals surface area contributed by atoms with E-state index in [1.54, 1.807) is 0 Å². The first kappa shape index (κ1) is 17.9. The Labute approximate surface area is 154 Å². The normalized spacial score (nSPS) is 18.9. The summed E-state index contributed by atoms with van der Waals surface area (Å²) in [5, 5.41) is 3.72. The molecule has 1 aliphatic heterocycles. The Balaban J connectivity index is 1.59. The van der Waals surface area contributed by atoms with E-state index in [4.69, 9.17) is 11.6 Å². The summed E-state index contributed by atoms with van der Waals surface area (Å²) in [7, 11) is 2.13. The van der Waals surface area contributed by atoms with Crippen molar-refractivity contribution < 1.29 is 4.79 Å². The average Bonchev–Trinajstić information content (AvgIpc) is 2.63. The first-order chi connectivity index (χ1) is 12.1. The lowest BCUT2D eigenvalue weighted by Crippen LogP contribution is -2.49. The molecule has 0 spiro atoms. The molecule has 25 heavy (non-hydrogen) atoms. The Hall–Kier alpha value is -1.88. The second-order valence-corrected chi connectivity index (χ2v) is 7.00. The summed E-state index contributed by atoms with van der Waals surface area (Å²) in [5.74, 6) is 0.0560. The minimum atomic E-state index is 0.0560. The maximum Gasteiger partial charge on any atom is 0.234 e. The molecule has 1 saturated heterocycles. The zero-order chi connectivity index (χ0) is 17.6. The monoisotopic (exact) mass is 357 g/mol. The highest BCUT2D eigenvalue weighted by Gasteiger charge is 2.27. The zero-order valence-electron chi connectivity index (χ0n) is 14.5. The molecule has 4 nitrogen and oxygen atoms in total. The van der Waals surface area contributed by atoms with Gasteiger partial charge in [-0.25, -0.2) is 0 Å². The maximum atomic E-state index is 12.4. The Morgan fingerprint density at radius 1 is 1.12 bits per heavy atom. The number of likely N-dealkylation sites (N-methyl/N-ethyl adjacent to an activating group) is 1. The van der Waals surface area contributed by atoms with Crippen LogP contribution in [0.3, 0.4) is 0 Å². The van der Waals surface area contributed by atoms with Gasteiger partial charge in [0.1, 0.15) is 0 Å². The number of nitrogens with one attached hydrogen (secondary N) is 1. The van der Waals surface area contributed by atoms with Crippen LogP contribution in [-0.2, 0) is 11.3 Å². The predicted molar refractivity (Wildman–Crippen MR) is 102 cm³/mol. The number of halogens is 1. The van der Waals surface area contributed by atoms with Crippen molar-refractivity contribution in [1.29, 1.82) is 0 Å². The molecule has 0 aromatic heterocycles. The van der Waals surface area contributed by atoms with Crippen molar-refractivity contribution in [3.8, 4) is 0 Å². The van der Waals surface area contributed by atoms with Crippen molar-refractivity contribution in [3.05, 3.63) is 70.7 Å². The van der Waals surface area contributed by atoms with E-state index >= 15 is 0 Å². The van der Waals surface area contributed by atoms with Gasteiger partial charge < -0.3 is 10.2 Å². The second kappa shape index (κ2) is 8.48. The van der Waals surface area contributed by atoms with Gasteiger partial charge in [0, 0.05) is 37.2 Å². The first-order valence-corrected chi connectivity index (χ1v) is 8.98. The van der Waals surface area contributed by atoms with E-state index in [1.807, 2.05) is 30.3 Å². The lowest BCUT2D eigenvalue weighted by Gasteiger charge is -2.39. The van der Waals surface area contributed by atoms with E-state index < -0.39 is 0 Å². The third kappa shape index (κ3) is 5.05. The molecule has 0 aliphatic carbocycles. The van der Waals surface area contributed by atoms with E-state index in [-0.39, 0.29) is 11.9 Å². The second-order valence-electron chi connectivity index (χ2n) is 6.56. The molecule has 1 N–H and O–H groups in total. The molecular formula is C20H24ClN3O. The largest absolute Gasteiger partial charge is 0.351 e. The van der Waals surface area contributed by atoms with Gasteiger partial charge in [-0.05, 0) is 30.3 Å². The summed E-state index contributed by atoms with van der Waals surface area (Å²) in [6.45, 7) is 3.76. The molecule has 132 valence electrons. The van der Waals surface area contributed by atoms with E-state index in [0.29, 0.717) is 18.1 Å². The first-order valence-electron chi connectivity index (χ1n) is 8.60. The van der Waals surface area contributed by atoms with Crippen LogP contribution in [0.25, 0.3) is 0 Å². The number of piperazine rings is 1. The van der Waals surface area contributed by atoms with Crippen LogP contribution in [0.4, 0.5) is 0 Å². The fraction of sp³-hybridized carbons (Fsp3) is 0.350. The highest BCUT2D eigenvalue weighted by atomic mass is 35.5. The van der Waals surface area contributed by atoms with Gasteiger partial charge in [0.2, 0.25) is 5.91 Å². The van der Waals surface area contributed by atoms with Crippen LogP contribution in [0, 0.1) is 0 Å². The zero-order valence-corrected chi connectivity index (χ0v) is 15.2. The Morgan fingerprint density at radius 3 is 2.56 bits per heavy atom. The van der Waals surface area contributed by atoms with Gasteiger partial charge in [-0.15, -0.1) is 0 Å². The van der Waals surface area contributed by atoms with Gasteiger partial charge in [0.15, 0.2) is 0 Å². The summed E-state index contributed by atoms with van der Waals surface area (Å²) < 4.78 is 0. The van der Waals surface area contributed by atoms with Crippen LogP contribution in [0.15, 0.2) is 54.6 Å². The van der Waals surface area contributed by atoms with Gasteiger partial charge in [0.25, 0.3) is 0 Å². The number of carbonyl (C=O) groups excluding carboxylic acids is 1. The maximum absolute atomic E-state index is 12.4. The topological polar surface area (TPSA) is 35.6 Å². The van der Waals surface area contributed by atoms with Gasteiger partial charge in [-0.2, -0.15) is 0 Å². The molecule has 1 aliphatic rings. The van der Waals surface area contributed by atoms with Crippen molar-refractivity contribution in [2.45, 2.75) is 12.6 Å². The van der Waals surface area contributed by atoms with Crippen molar-refractivity contribution in [3.63, 3.8) is 0 Å². The van der Waals surface area contributed by atoms with Crippen LogP contribution in [0.5, 0.6) is 0 Å². The molecule has 0 bridgehead atoms. The Morgan fingerprint density at radius 2 is 1.84 bits per heavy atom. The van der Waals surface area contributed by atoms with Crippen LogP contribution < -0.4 is 5.32 Å². The van der Waals surface area contributed by atoms with Crippen LogP contribution in [-0.4, -0.2) is 48.9 Å². The van der Waals surface area contributed by atoms with Crippen molar-refractivity contribution >= 4 is 17.5 Å². The van der Waals surface area contributed by atoms with Crippen LogP contribution >= 0.6 is 11.6 Å². The molecule has 2 aromatic rings. The Kier molecular flexibility index (Phi) is 6.08. The smallest absolute Gasteiger partial charge is 0.234 e. The summed E-state index contributed by atoms with van der Waals surface area (Å²) in [6, 6.07) is 18.2. The lowest BCUT2D eigenvalue weighted by molar-refractivity contribution is -0.123. The highest BCUT2D eigenvalue weighted by Crippen LogP contribution is 2.24. The molecule has 1 fully saturated rings.